The normalized spacial score (nSPS) is 51.7. The second-order valence-corrected chi connectivity index (χ2v) is 4.55. The Kier molecular flexibility index (Phi) is 1.03. The number of aliphatic carboxylic acids is 1. The number of hydrogen-bond donors (Lipinski definition) is 1. The summed E-state index contributed by atoms with van der Waals surface area (Å²) in [5.74, 6) is -1.07. The SMILES string of the molecule is [N-]=[N+]1C23CCCC12C(C(=O)O)CC3. The Morgan fingerprint density at radius 2 is 2.23 bits per heavy atom. The molecule has 0 aromatic heterocycles. The van der Waals surface area contributed by atoms with E-state index in [1.54, 1.807) is 0 Å². The molecule has 1 saturated heterocycles. The molecule has 3 aliphatic rings. The molecule has 0 aromatic carbocycles. The van der Waals surface area contributed by atoms with Crippen LogP contribution in [0.2, 0.25) is 0 Å². The van der Waals surface area contributed by atoms with Crippen molar-refractivity contribution in [2.45, 2.75) is 43.2 Å². The van der Waals surface area contributed by atoms with Crippen LogP contribution in [0.25, 0.3) is 5.53 Å². The molecule has 3 unspecified atom stereocenters. The van der Waals surface area contributed by atoms with Gasteiger partial charge in [0.25, 0.3) is 0 Å². The van der Waals surface area contributed by atoms with Crippen LogP contribution in [0.1, 0.15) is 32.1 Å². The molecule has 3 atom stereocenters. The molecule has 4 heteroatoms. The Labute approximate surface area is 76.0 Å². The fraction of sp³-hybridized carbons (Fsp3) is 0.889. The molecular formula is C9H12N2O2. The molecule has 13 heavy (non-hydrogen) atoms. The summed E-state index contributed by atoms with van der Waals surface area (Å²) in [4.78, 5) is 11.0. The minimum atomic E-state index is -0.736. The summed E-state index contributed by atoms with van der Waals surface area (Å²) in [6.45, 7) is 0. The molecule has 0 bridgehead atoms. The van der Waals surface area contributed by atoms with Crippen molar-refractivity contribution >= 4 is 5.97 Å². The van der Waals surface area contributed by atoms with Crippen molar-refractivity contribution in [3.63, 3.8) is 0 Å². The fourth-order valence-corrected chi connectivity index (χ4v) is 3.87. The lowest BCUT2D eigenvalue weighted by atomic mass is 9.91. The van der Waals surface area contributed by atoms with Crippen LogP contribution < -0.4 is 0 Å². The Balaban J connectivity index is 2.06. The van der Waals surface area contributed by atoms with Crippen LogP contribution in [0, 0.1) is 5.92 Å². The van der Waals surface area contributed by atoms with E-state index in [9.17, 15) is 10.3 Å². The minimum absolute atomic E-state index is 0.129. The van der Waals surface area contributed by atoms with Crippen molar-refractivity contribution in [1.82, 2.24) is 0 Å². The van der Waals surface area contributed by atoms with Crippen molar-refractivity contribution in [3.8, 4) is 0 Å². The summed E-state index contributed by atoms with van der Waals surface area (Å²) in [5.41, 5.74) is 9.21. The van der Waals surface area contributed by atoms with Crippen LogP contribution in [0.4, 0.5) is 0 Å². The van der Waals surface area contributed by atoms with Crippen molar-refractivity contribution < 1.29 is 14.6 Å². The first-order chi connectivity index (χ1) is 6.15. The molecule has 2 saturated carbocycles. The first kappa shape index (κ1) is 7.47. The van der Waals surface area contributed by atoms with Crippen molar-refractivity contribution in [2.75, 3.05) is 0 Å². The first-order valence-electron chi connectivity index (χ1n) is 4.87. The van der Waals surface area contributed by atoms with E-state index in [2.05, 4.69) is 0 Å². The fourth-order valence-electron chi connectivity index (χ4n) is 3.87. The number of rotatable bonds is 1. The number of hydrogen-bond acceptors (Lipinski definition) is 1. The Morgan fingerprint density at radius 3 is 2.85 bits per heavy atom. The van der Waals surface area contributed by atoms with Gasteiger partial charge in [0.15, 0.2) is 0 Å². The second-order valence-electron chi connectivity index (χ2n) is 4.55. The van der Waals surface area contributed by atoms with E-state index in [0.29, 0.717) is 0 Å². The lowest BCUT2D eigenvalue weighted by molar-refractivity contribution is -0.475. The smallest absolute Gasteiger partial charge is 0.313 e. The van der Waals surface area contributed by atoms with E-state index >= 15 is 0 Å². The molecule has 70 valence electrons. The molecule has 2 aliphatic carbocycles. The Morgan fingerprint density at radius 1 is 1.46 bits per heavy atom. The Bertz CT molecular complexity index is 328. The van der Waals surface area contributed by atoms with Crippen molar-refractivity contribution in [1.29, 1.82) is 0 Å². The predicted molar refractivity (Wildman–Crippen MR) is 43.3 cm³/mol. The zero-order valence-electron chi connectivity index (χ0n) is 7.36. The van der Waals surface area contributed by atoms with Gasteiger partial charge in [-0.1, -0.05) is 0 Å². The lowest BCUT2D eigenvalue weighted by Crippen LogP contribution is -2.30. The molecule has 1 heterocycles. The van der Waals surface area contributed by atoms with Crippen molar-refractivity contribution in [3.05, 3.63) is 5.53 Å². The molecule has 0 amide bonds. The molecule has 0 radical (unpaired) electrons. The van der Waals surface area contributed by atoms with Gasteiger partial charge < -0.3 is 10.6 Å². The highest BCUT2D eigenvalue weighted by Crippen LogP contribution is 2.70. The predicted octanol–water partition coefficient (Wildman–Crippen LogP) is 1.19. The van der Waals surface area contributed by atoms with Gasteiger partial charge in [0.2, 0.25) is 11.1 Å². The van der Waals surface area contributed by atoms with Crippen LogP contribution in [0.15, 0.2) is 0 Å². The summed E-state index contributed by atoms with van der Waals surface area (Å²) in [6.07, 6.45) is 4.52. The number of piperidine rings is 2. The highest BCUT2D eigenvalue weighted by Gasteiger charge is 2.89. The van der Waals surface area contributed by atoms with Crippen LogP contribution in [0.3, 0.4) is 0 Å². The molecule has 0 spiro atoms. The summed E-state index contributed by atoms with van der Waals surface area (Å²) in [6, 6.07) is 0. The maximum atomic E-state index is 11.0. The largest absolute Gasteiger partial charge is 0.505 e. The monoisotopic (exact) mass is 180 g/mol. The summed E-state index contributed by atoms with van der Waals surface area (Å²) < 4.78 is 1.34. The standard InChI is InChI=1S/C9H12N2O2/c10-11-8-3-1-4-9(8,11)6(2-5-8)7(12)13/h6H,1-5H2,(H,12,13). The van der Waals surface area contributed by atoms with E-state index in [-0.39, 0.29) is 17.0 Å². The second kappa shape index (κ2) is 1.79. The highest BCUT2D eigenvalue weighted by molar-refractivity contribution is 5.73. The topological polar surface area (TPSA) is 62.6 Å². The summed E-state index contributed by atoms with van der Waals surface area (Å²) in [7, 11) is 0. The van der Waals surface area contributed by atoms with Crippen molar-refractivity contribution in [2.24, 2.45) is 5.92 Å². The zero-order valence-corrected chi connectivity index (χ0v) is 7.36. The van der Waals surface area contributed by atoms with E-state index < -0.39 is 5.97 Å². The van der Waals surface area contributed by atoms with Gasteiger partial charge in [-0.2, -0.15) is 0 Å². The molecule has 1 aliphatic heterocycles. The van der Waals surface area contributed by atoms with Gasteiger partial charge in [-0.25, -0.2) is 0 Å². The van der Waals surface area contributed by atoms with Gasteiger partial charge in [-0.15, -0.1) is 0 Å². The van der Waals surface area contributed by atoms with E-state index in [1.807, 2.05) is 0 Å². The first-order valence-corrected chi connectivity index (χ1v) is 4.87. The molecule has 0 aromatic rings. The van der Waals surface area contributed by atoms with Gasteiger partial charge in [0.05, 0.1) is 0 Å². The molecule has 1 N–H and O–H groups in total. The minimum Gasteiger partial charge on any atom is -0.505 e. The number of carbonyl (C=O) groups is 1. The van der Waals surface area contributed by atoms with Crippen LogP contribution in [-0.4, -0.2) is 26.9 Å². The third kappa shape index (κ3) is 0.515. The average molecular weight is 180 g/mol. The number of carboxylic acid groups (broad SMARTS) is 1. The average Bonchev–Trinajstić information content (AvgIpc) is 2.45. The molecular weight excluding hydrogens is 168 g/mol. The molecule has 4 nitrogen and oxygen atoms in total. The van der Waals surface area contributed by atoms with Gasteiger partial charge in [0.1, 0.15) is 5.92 Å². The third-order valence-corrected chi connectivity index (χ3v) is 4.41. The van der Waals surface area contributed by atoms with Crippen LogP contribution in [0.5, 0.6) is 0 Å². The molecule has 3 fully saturated rings. The van der Waals surface area contributed by atoms with Gasteiger partial charge in [-0.3, -0.25) is 9.49 Å². The van der Waals surface area contributed by atoms with Crippen LogP contribution >= 0.6 is 0 Å². The zero-order chi connectivity index (χ0) is 9.27. The quantitative estimate of drug-likeness (QED) is 0.486. The summed E-state index contributed by atoms with van der Waals surface area (Å²) in [5, 5.41) is 9.03. The number of nitrogens with zero attached hydrogens (tertiary/aromatic N) is 2. The van der Waals surface area contributed by atoms with E-state index in [0.717, 1.165) is 32.1 Å². The number of carboxylic acids is 1. The summed E-state index contributed by atoms with van der Waals surface area (Å²) >= 11 is 0. The van der Waals surface area contributed by atoms with Crippen LogP contribution in [-0.2, 0) is 4.79 Å². The maximum Gasteiger partial charge on any atom is 0.313 e. The highest BCUT2D eigenvalue weighted by atomic mass is 16.4. The van der Waals surface area contributed by atoms with E-state index in [4.69, 9.17) is 5.11 Å². The third-order valence-electron chi connectivity index (χ3n) is 4.41. The Hall–Kier alpha value is -0.930. The van der Waals surface area contributed by atoms with Gasteiger partial charge >= 0.3 is 5.97 Å². The maximum absolute atomic E-state index is 11.0. The van der Waals surface area contributed by atoms with E-state index in [1.165, 1.54) is 4.70 Å². The molecule has 3 rings (SSSR count). The lowest BCUT2D eigenvalue weighted by Gasteiger charge is -2.13. The van der Waals surface area contributed by atoms with Gasteiger partial charge in [0, 0.05) is 19.3 Å². The van der Waals surface area contributed by atoms with Gasteiger partial charge in [-0.05, 0) is 12.8 Å².